The summed E-state index contributed by atoms with van der Waals surface area (Å²) in [5, 5.41) is 7.67. The van der Waals surface area contributed by atoms with E-state index in [9.17, 15) is 4.79 Å². The predicted molar refractivity (Wildman–Crippen MR) is 88.7 cm³/mol. The molecule has 2 aromatic heterocycles. The molecule has 3 rings (SSSR count). The zero-order valence-corrected chi connectivity index (χ0v) is 12.9. The Balaban J connectivity index is 1.67. The maximum atomic E-state index is 11.1. The van der Waals surface area contributed by atoms with E-state index in [2.05, 4.69) is 15.4 Å². The Morgan fingerprint density at radius 2 is 2.09 bits per heavy atom. The molecule has 23 heavy (non-hydrogen) atoms. The Hall–Kier alpha value is -2.86. The summed E-state index contributed by atoms with van der Waals surface area (Å²) >= 11 is 6.09. The number of amides is 1. The molecule has 0 fully saturated rings. The van der Waals surface area contributed by atoms with E-state index >= 15 is 0 Å². The summed E-state index contributed by atoms with van der Waals surface area (Å²) in [4.78, 5) is 15.2. The first-order valence-corrected chi connectivity index (χ1v) is 7.29. The van der Waals surface area contributed by atoms with Gasteiger partial charge < -0.3 is 11.1 Å². The highest BCUT2D eigenvalue weighted by Gasteiger charge is 2.07. The molecule has 6 nitrogen and oxygen atoms in total. The van der Waals surface area contributed by atoms with E-state index in [4.69, 9.17) is 17.3 Å². The number of halogens is 1. The Labute approximate surface area is 137 Å². The van der Waals surface area contributed by atoms with Gasteiger partial charge in [0, 0.05) is 25.1 Å². The van der Waals surface area contributed by atoms with Crippen LogP contribution in [0.25, 0.3) is 5.69 Å². The molecule has 7 heteroatoms. The smallest absolute Gasteiger partial charge is 0.250 e. The zero-order chi connectivity index (χ0) is 16.2. The second-order valence-corrected chi connectivity index (χ2v) is 5.30. The number of nitrogens with zero attached hydrogens (tertiary/aromatic N) is 3. The second kappa shape index (κ2) is 6.50. The van der Waals surface area contributed by atoms with Gasteiger partial charge >= 0.3 is 0 Å². The van der Waals surface area contributed by atoms with Crippen molar-refractivity contribution in [1.82, 2.24) is 14.8 Å². The number of carbonyl (C=O) groups is 1. The van der Waals surface area contributed by atoms with Crippen LogP contribution in [0.3, 0.4) is 0 Å². The van der Waals surface area contributed by atoms with Gasteiger partial charge in [0.25, 0.3) is 0 Å². The maximum absolute atomic E-state index is 11.1. The van der Waals surface area contributed by atoms with Gasteiger partial charge in [0.15, 0.2) is 0 Å². The van der Waals surface area contributed by atoms with Gasteiger partial charge in [-0.1, -0.05) is 23.7 Å². The molecule has 0 aliphatic heterocycles. The molecule has 0 radical (unpaired) electrons. The third-order valence-corrected chi connectivity index (χ3v) is 3.58. The predicted octanol–water partition coefficient (Wildman–Crippen LogP) is 2.63. The number of hydrogen-bond acceptors (Lipinski definition) is 4. The number of pyridine rings is 1. The van der Waals surface area contributed by atoms with E-state index in [-0.39, 0.29) is 5.56 Å². The summed E-state index contributed by atoms with van der Waals surface area (Å²) in [5.74, 6) is -0.0482. The molecule has 0 aliphatic rings. The van der Waals surface area contributed by atoms with Crippen molar-refractivity contribution in [2.75, 3.05) is 5.32 Å². The van der Waals surface area contributed by atoms with E-state index in [1.54, 1.807) is 10.9 Å². The normalized spacial score (nSPS) is 10.5. The first-order chi connectivity index (χ1) is 11.1. The lowest BCUT2D eigenvalue weighted by Gasteiger charge is -2.09. The minimum Gasteiger partial charge on any atom is -0.366 e. The van der Waals surface area contributed by atoms with Crippen molar-refractivity contribution in [1.29, 1.82) is 0 Å². The van der Waals surface area contributed by atoms with Gasteiger partial charge in [-0.15, -0.1) is 0 Å². The molecule has 0 bridgehead atoms. The number of anilines is 1. The molecule has 3 aromatic rings. The zero-order valence-electron chi connectivity index (χ0n) is 12.1. The van der Waals surface area contributed by atoms with E-state index in [0.29, 0.717) is 17.4 Å². The lowest BCUT2D eigenvalue weighted by Crippen LogP contribution is -2.12. The third-order valence-electron chi connectivity index (χ3n) is 3.29. The van der Waals surface area contributed by atoms with Crippen LogP contribution in [0.4, 0.5) is 5.82 Å². The van der Waals surface area contributed by atoms with E-state index in [1.165, 1.54) is 12.3 Å². The number of nitrogens with two attached hydrogens (primary N) is 1. The fraction of sp³-hybridized carbons (Fsp3) is 0.0625. The molecule has 0 atom stereocenters. The Morgan fingerprint density at radius 1 is 1.30 bits per heavy atom. The summed E-state index contributed by atoms with van der Waals surface area (Å²) in [6, 6.07) is 11.3. The topological polar surface area (TPSA) is 85.8 Å². The molecule has 0 spiro atoms. The van der Waals surface area contributed by atoms with Crippen molar-refractivity contribution in [2.24, 2.45) is 5.73 Å². The molecule has 116 valence electrons. The highest BCUT2D eigenvalue weighted by molar-refractivity contribution is 6.33. The van der Waals surface area contributed by atoms with Crippen LogP contribution in [0, 0.1) is 0 Å². The summed E-state index contributed by atoms with van der Waals surface area (Å²) in [5.41, 5.74) is 7.52. The highest BCUT2D eigenvalue weighted by atomic mass is 35.5. The fourth-order valence-corrected chi connectivity index (χ4v) is 2.31. The van der Waals surface area contributed by atoms with Crippen LogP contribution in [-0.2, 0) is 6.54 Å². The lowest BCUT2D eigenvalue weighted by atomic mass is 10.2. The number of benzene rings is 1. The molecule has 0 saturated carbocycles. The highest BCUT2D eigenvalue weighted by Crippen LogP contribution is 2.20. The van der Waals surface area contributed by atoms with Crippen molar-refractivity contribution < 1.29 is 4.79 Å². The van der Waals surface area contributed by atoms with Gasteiger partial charge in [-0.05, 0) is 29.8 Å². The molecule has 0 saturated heterocycles. The van der Waals surface area contributed by atoms with Crippen LogP contribution >= 0.6 is 11.6 Å². The summed E-state index contributed by atoms with van der Waals surface area (Å²) in [6.45, 7) is 0.558. The van der Waals surface area contributed by atoms with Crippen molar-refractivity contribution in [3.05, 3.63) is 71.1 Å². The number of hydrogen-bond donors (Lipinski definition) is 2. The van der Waals surface area contributed by atoms with Crippen LogP contribution in [-0.4, -0.2) is 20.7 Å². The molecule has 3 N–H and O–H groups in total. The van der Waals surface area contributed by atoms with Gasteiger partial charge in [0.2, 0.25) is 5.91 Å². The Kier molecular flexibility index (Phi) is 4.25. The number of primary amides is 1. The molecular weight excluding hydrogens is 314 g/mol. The first-order valence-electron chi connectivity index (χ1n) is 6.91. The van der Waals surface area contributed by atoms with Gasteiger partial charge in [-0.3, -0.25) is 4.79 Å². The average Bonchev–Trinajstić information content (AvgIpc) is 3.08. The Bertz CT molecular complexity index is 815. The Morgan fingerprint density at radius 3 is 2.70 bits per heavy atom. The minimum atomic E-state index is -0.555. The van der Waals surface area contributed by atoms with Crippen LogP contribution in [0.2, 0.25) is 5.02 Å². The summed E-state index contributed by atoms with van der Waals surface area (Å²) < 4.78 is 1.79. The monoisotopic (exact) mass is 327 g/mol. The molecule has 0 aliphatic carbocycles. The third kappa shape index (κ3) is 3.49. The number of rotatable bonds is 5. The molecular formula is C16H14ClN5O. The SMILES string of the molecule is NC(=O)c1cnc(NCc2ccc(-n3cccn3)cc2)c(Cl)c1. The fourth-order valence-electron chi connectivity index (χ4n) is 2.08. The number of nitrogens with one attached hydrogen (secondary N) is 1. The molecule has 2 heterocycles. The van der Waals surface area contributed by atoms with Crippen molar-refractivity contribution in [3.8, 4) is 5.69 Å². The number of aromatic nitrogens is 3. The first kappa shape index (κ1) is 15.1. The van der Waals surface area contributed by atoms with Crippen LogP contribution in [0.1, 0.15) is 15.9 Å². The van der Waals surface area contributed by atoms with Crippen molar-refractivity contribution in [3.63, 3.8) is 0 Å². The molecule has 1 aromatic carbocycles. The standard InChI is InChI=1S/C16H14ClN5O/c17-14-8-12(15(18)23)10-20-16(14)19-9-11-2-4-13(5-3-11)22-7-1-6-21-22/h1-8,10H,9H2,(H2,18,23)(H,19,20). The largest absolute Gasteiger partial charge is 0.366 e. The van der Waals surface area contributed by atoms with E-state index in [0.717, 1.165) is 11.3 Å². The summed E-state index contributed by atoms with van der Waals surface area (Å²) in [6.07, 6.45) is 5.02. The van der Waals surface area contributed by atoms with Crippen molar-refractivity contribution in [2.45, 2.75) is 6.54 Å². The quantitative estimate of drug-likeness (QED) is 0.754. The maximum Gasteiger partial charge on any atom is 0.250 e. The van der Waals surface area contributed by atoms with Crippen LogP contribution in [0.15, 0.2) is 55.0 Å². The van der Waals surface area contributed by atoms with Gasteiger partial charge in [0.05, 0.1) is 16.3 Å². The van der Waals surface area contributed by atoms with Crippen LogP contribution in [0.5, 0.6) is 0 Å². The number of carbonyl (C=O) groups excluding carboxylic acids is 1. The van der Waals surface area contributed by atoms with E-state index < -0.39 is 5.91 Å². The van der Waals surface area contributed by atoms with Gasteiger partial charge in [-0.25, -0.2) is 9.67 Å². The molecule has 1 amide bonds. The van der Waals surface area contributed by atoms with Crippen LogP contribution < -0.4 is 11.1 Å². The second-order valence-electron chi connectivity index (χ2n) is 4.89. The average molecular weight is 328 g/mol. The lowest BCUT2D eigenvalue weighted by molar-refractivity contribution is 0.1000. The summed E-state index contributed by atoms with van der Waals surface area (Å²) in [7, 11) is 0. The molecule has 0 unspecified atom stereocenters. The van der Waals surface area contributed by atoms with E-state index in [1.807, 2.05) is 36.5 Å². The minimum absolute atomic E-state index is 0.282. The van der Waals surface area contributed by atoms with Gasteiger partial charge in [-0.2, -0.15) is 5.10 Å². The van der Waals surface area contributed by atoms with Gasteiger partial charge in [0.1, 0.15) is 5.82 Å². The van der Waals surface area contributed by atoms with Crippen molar-refractivity contribution >= 4 is 23.3 Å².